The van der Waals surface area contributed by atoms with Gasteiger partial charge in [-0.05, 0) is 52.9 Å². The molecule has 0 aliphatic rings. The molecule has 0 fully saturated rings. The van der Waals surface area contributed by atoms with Crippen LogP contribution in [0.5, 0.6) is 11.5 Å². The van der Waals surface area contributed by atoms with E-state index in [1.165, 1.54) is 0 Å². The maximum atomic E-state index is 5.54. The molecule has 0 bridgehead atoms. The van der Waals surface area contributed by atoms with Crippen LogP contribution in [0.4, 0.5) is 0 Å². The molecule has 0 spiro atoms. The Morgan fingerprint density at radius 3 is 2.17 bits per heavy atom. The summed E-state index contributed by atoms with van der Waals surface area (Å²) in [6.45, 7) is 0. The lowest BCUT2D eigenvalue weighted by molar-refractivity contribution is 0.355. The molecule has 1 aromatic heterocycles. The molecule has 0 atom stereocenters. The van der Waals surface area contributed by atoms with E-state index in [1.807, 2.05) is 53.3 Å². The highest BCUT2D eigenvalue weighted by molar-refractivity contribution is 14.1. The maximum Gasteiger partial charge on any atom is 0.161 e. The standard InChI is InChI=1S/C23H18BrIN2O2/c1-28-21-12-17(19(24)13-22(21)29-2)18-14-26-27(15-8-4-3-5-9-15)23(18)16-10-6-7-11-20(16)25/h3-14H,1-2H3. The summed E-state index contributed by atoms with van der Waals surface area (Å²) in [7, 11) is 3.28. The van der Waals surface area contributed by atoms with Gasteiger partial charge in [-0.25, -0.2) is 4.68 Å². The van der Waals surface area contributed by atoms with E-state index in [0.29, 0.717) is 11.5 Å². The number of para-hydroxylation sites is 1. The Morgan fingerprint density at radius 1 is 0.828 bits per heavy atom. The number of methoxy groups -OCH3 is 2. The Hall–Kier alpha value is -2.32. The third-order valence-corrected chi connectivity index (χ3v) is 6.26. The van der Waals surface area contributed by atoms with Crippen molar-refractivity contribution in [3.05, 3.63) is 81.0 Å². The largest absolute Gasteiger partial charge is 0.493 e. The van der Waals surface area contributed by atoms with Crippen molar-refractivity contribution in [2.45, 2.75) is 0 Å². The molecule has 0 unspecified atom stereocenters. The Kier molecular flexibility index (Phi) is 5.91. The topological polar surface area (TPSA) is 36.3 Å². The number of hydrogen-bond donors (Lipinski definition) is 0. The molecule has 4 aromatic rings. The molecule has 4 rings (SSSR count). The van der Waals surface area contributed by atoms with Crippen molar-refractivity contribution in [1.29, 1.82) is 0 Å². The van der Waals surface area contributed by atoms with Gasteiger partial charge in [-0.2, -0.15) is 5.10 Å². The molecule has 146 valence electrons. The summed E-state index contributed by atoms with van der Waals surface area (Å²) < 4.78 is 15.0. The minimum Gasteiger partial charge on any atom is -0.493 e. The number of nitrogens with zero attached hydrogens (tertiary/aromatic N) is 2. The summed E-state index contributed by atoms with van der Waals surface area (Å²) >= 11 is 6.07. The van der Waals surface area contributed by atoms with Crippen molar-refractivity contribution < 1.29 is 9.47 Å². The van der Waals surface area contributed by atoms with E-state index in [0.717, 1.165) is 36.1 Å². The fourth-order valence-electron chi connectivity index (χ4n) is 3.28. The first-order valence-electron chi connectivity index (χ1n) is 8.94. The van der Waals surface area contributed by atoms with E-state index in [9.17, 15) is 0 Å². The third kappa shape index (κ3) is 3.79. The lowest BCUT2D eigenvalue weighted by Crippen LogP contribution is -2.00. The summed E-state index contributed by atoms with van der Waals surface area (Å²) in [5.74, 6) is 1.35. The van der Waals surface area contributed by atoms with Gasteiger partial charge in [-0.15, -0.1) is 0 Å². The average Bonchev–Trinajstić information content (AvgIpc) is 3.19. The molecule has 0 aliphatic heterocycles. The van der Waals surface area contributed by atoms with E-state index in [4.69, 9.17) is 14.6 Å². The molecule has 3 aromatic carbocycles. The molecule has 0 radical (unpaired) electrons. The quantitative estimate of drug-likeness (QED) is 0.258. The Labute approximate surface area is 191 Å². The fraction of sp³-hybridized carbons (Fsp3) is 0.0870. The summed E-state index contributed by atoms with van der Waals surface area (Å²) in [4.78, 5) is 0. The van der Waals surface area contributed by atoms with Crippen molar-refractivity contribution in [1.82, 2.24) is 9.78 Å². The highest BCUT2D eigenvalue weighted by Gasteiger charge is 2.21. The van der Waals surface area contributed by atoms with E-state index < -0.39 is 0 Å². The van der Waals surface area contributed by atoms with Crippen molar-refractivity contribution in [2.24, 2.45) is 0 Å². The van der Waals surface area contributed by atoms with Crippen LogP contribution in [0.3, 0.4) is 0 Å². The molecule has 0 saturated heterocycles. The summed E-state index contributed by atoms with van der Waals surface area (Å²) in [5, 5.41) is 4.74. The van der Waals surface area contributed by atoms with Crippen LogP contribution < -0.4 is 9.47 Å². The first-order chi connectivity index (χ1) is 14.1. The SMILES string of the molecule is COc1cc(Br)c(-c2cnn(-c3ccccc3)c2-c2ccccc2I)cc1OC. The van der Waals surface area contributed by atoms with Crippen molar-refractivity contribution >= 4 is 38.5 Å². The predicted octanol–water partition coefficient (Wildman–Crippen LogP) is 6.59. The van der Waals surface area contributed by atoms with Crippen LogP contribution in [-0.2, 0) is 0 Å². The smallest absolute Gasteiger partial charge is 0.161 e. The zero-order valence-electron chi connectivity index (χ0n) is 15.9. The molecule has 6 heteroatoms. The van der Waals surface area contributed by atoms with Gasteiger partial charge in [0.05, 0.1) is 31.8 Å². The fourth-order valence-corrected chi connectivity index (χ4v) is 4.46. The van der Waals surface area contributed by atoms with Crippen LogP contribution in [0, 0.1) is 3.57 Å². The van der Waals surface area contributed by atoms with Crippen LogP contribution in [0.1, 0.15) is 0 Å². The monoisotopic (exact) mass is 560 g/mol. The number of hydrogen-bond acceptors (Lipinski definition) is 3. The molecule has 0 aliphatic carbocycles. The van der Waals surface area contributed by atoms with Crippen LogP contribution in [0.2, 0.25) is 0 Å². The van der Waals surface area contributed by atoms with Crippen molar-refractivity contribution in [3.8, 4) is 39.6 Å². The van der Waals surface area contributed by atoms with Gasteiger partial charge in [-0.3, -0.25) is 0 Å². The second-order valence-corrected chi connectivity index (χ2v) is 8.34. The first-order valence-corrected chi connectivity index (χ1v) is 10.8. The van der Waals surface area contributed by atoms with Crippen LogP contribution in [0.25, 0.3) is 28.1 Å². The van der Waals surface area contributed by atoms with Crippen LogP contribution in [-0.4, -0.2) is 24.0 Å². The molecule has 29 heavy (non-hydrogen) atoms. The molecule has 4 nitrogen and oxygen atoms in total. The minimum absolute atomic E-state index is 0.673. The number of halogens is 2. The first kappa shape index (κ1) is 20.0. The normalized spacial score (nSPS) is 10.8. The second kappa shape index (κ2) is 8.59. The van der Waals surface area contributed by atoms with Gasteiger partial charge < -0.3 is 9.47 Å². The second-order valence-electron chi connectivity index (χ2n) is 6.32. The highest BCUT2D eigenvalue weighted by atomic mass is 127. The van der Waals surface area contributed by atoms with E-state index in [-0.39, 0.29) is 0 Å². The zero-order chi connectivity index (χ0) is 20.4. The van der Waals surface area contributed by atoms with E-state index in [2.05, 4.69) is 62.8 Å². The predicted molar refractivity (Wildman–Crippen MR) is 128 cm³/mol. The lowest BCUT2D eigenvalue weighted by atomic mass is 10.0. The van der Waals surface area contributed by atoms with Gasteiger partial charge in [0.2, 0.25) is 0 Å². The molecular formula is C23H18BrIN2O2. The Bertz CT molecular complexity index is 1160. The van der Waals surface area contributed by atoms with Gasteiger partial charge >= 0.3 is 0 Å². The van der Waals surface area contributed by atoms with Crippen LogP contribution >= 0.6 is 38.5 Å². The highest BCUT2D eigenvalue weighted by Crippen LogP contribution is 2.43. The number of rotatable bonds is 5. The summed E-state index contributed by atoms with van der Waals surface area (Å²) in [6, 6.07) is 22.4. The lowest BCUT2D eigenvalue weighted by Gasteiger charge is -2.15. The average molecular weight is 561 g/mol. The van der Waals surface area contributed by atoms with Gasteiger partial charge in [0.1, 0.15) is 0 Å². The third-order valence-electron chi connectivity index (χ3n) is 4.66. The molecule has 0 amide bonds. The van der Waals surface area contributed by atoms with Crippen molar-refractivity contribution in [2.75, 3.05) is 14.2 Å². The maximum absolute atomic E-state index is 5.54. The summed E-state index contributed by atoms with van der Waals surface area (Å²) in [5.41, 5.74) is 5.13. The van der Waals surface area contributed by atoms with Gasteiger partial charge in [-0.1, -0.05) is 52.3 Å². The molecule has 1 heterocycles. The molecule has 0 saturated carbocycles. The van der Waals surface area contributed by atoms with E-state index in [1.54, 1.807) is 14.2 Å². The summed E-state index contributed by atoms with van der Waals surface area (Å²) in [6.07, 6.45) is 1.90. The number of ether oxygens (including phenoxy) is 2. The van der Waals surface area contributed by atoms with Gasteiger partial charge in [0, 0.05) is 24.7 Å². The zero-order valence-corrected chi connectivity index (χ0v) is 19.6. The Morgan fingerprint density at radius 2 is 1.48 bits per heavy atom. The molecule has 0 N–H and O–H groups in total. The van der Waals surface area contributed by atoms with E-state index >= 15 is 0 Å². The minimum atomic E-state index is 0.673. The van der Waals surface area contributed by atoms with Crippen molar-refractivity contribution in [3.63, 3.8) is 0 Å². The van der Waals surface area contributed by atoms with Gasteiger partial charge in [0.25, 0.3) is 0 Å². The Balaban J connectivity index is 2.01. The van der Waals surface area contributed by atoms with Crippen LogP contribution in [0.15, 0.2) is 77.4 Å². The number of benzene rings is 3. The number of aromatic nitrogens is 2. The van der Waals surface area contributed by atoms with Gasteiger partial charge in [0.15, 0.2) is 11.5 Å². The molecular weight excluding hydrogens is 543 g/mol.